The van der Waals surface area contributed by atoms with Crippen molar-refractivity contribution in [1.82, 2.24) is 0 Å². The van der Waals surface area contributed by atoms with Crippen molar-refractivity contribution in [2.75, 3.05) is 11.4 Å². The number of allylic oxidation sites excluding steroid dienone is 4. The summed E-state index contributed by atoms with van der Waals surface area (Å²) in [4.78, 5) is 14.6. The lowest BCUT2D eigenvalue weighted by atomic mass is 10.0. The summed E-state index contributed by atoms with van der Waals surface area (Å²) in [6.07, 6.45) is 9.11. The molecule has 1 aliphatic heterocycles. The number of rotatable bonds is 1. The Morgan fingerprint density at radius 3 is 3.16 bits per heavy atom. The van der Waals surface area contributed by atoms with Crippen LogP contribution in [0.4, 0.5) is 5.69 Å². The van der Waals surface area contributed by atoms with Gasteiger partial charge in [0.1, 0.15) is 11.3 Å². The largest absolute Gasteiger partial charge is 0.342 e. The van der Waals surface area contributed by atoms with Gasteiger partial charge in [-0.2, -0.15) is 0 Å². The minimum Gasteiger partial charge on any atom is -0.342 e. The summed E-state index contributed by atoms with van der Waals surface area (Å²) in [6.45, 7) is 0.957. The van der Waals surface area contributed by atoms with E-state index < -0.39 is 5.38 Å². The molecule has 4 heteroatoms. The Labute approximate surface area is 121 Å². The fraction of sp³-hybridized carbons (Fsp3) is 0.333. The van der Waals surface area contributed by atoms with Crippen LogP contribution in [0.25, 0.3) is 0 Å². The van der Waals surface area contributed by atoms with Gasteiger partial charge in [0.05, 0.1) is 11.3 Å². The van der Waals surface area contributed by atoms with E-state index in [-0.39, 0.29) is 0 Å². The van der Waals surface area contributed by atoms with Gasteiger partial charge in [-0.1, -0.05) is 6.08 Å². The summed E-state index contributed by atoms with van der Waals surface area (Å²) in [5.74, 6) is 1.94. The number of halogens is 1. The van der Waals surface area contributed by atoms with Crippen molar-refractivity contribution < 1.29 is 4.79 Å². The predicted molar refractivity (Wildman–Crippen MR) is 80.7 cm³/mol. The topological polar surface area (TPSA) is 20.3 Å². The molecule has 0 saturated carbocycles. The van der Waals surface area contributed by atoms with Gasteiger partial charge >= 0.3 is 0 Å². The maximum Gasteiger partial charge on any atom is 0.129 e. The normalized spacial score (nSPS) is 22.6. The number of carbonyl (C=O) groups excluding carboxylic acids is 1. The van der Waals surface area contributed by atoms with E-state index in [1.165, 1.54) is 17.0 Å². The third-order valence-electron chi connectivity index (χ3n) is 3.55. The Bertz CT molecular complexity index is 595. The highest BCUT2D eigenvalue weighted by atomic mass is 35.5. The quantitative estimate of drug-likeness (QED) is 0.581. The second kappa shape index (κ2) is 5.38. The number of fused-ring (bicyclic) bond motifs is 1. The Hall–Kier alpha value is -1.28. The molecule has 1 aromatic heterocycles. The summed E-state index contributed by atoms with van der Waals surface area (Å²) in [5.41, 5.74) is 2.75. The number of alkyl halides is 1. The molecule has 0 spiro atoms. The van der Waals surface area contributed by atoms with Crippen LogP contribution in [0.3, 0.4) is 0 Å². The Balaban J connectivity index is 2.01. The lowest BCUT2D eigenvalue weighted by Crippen LogP contribution is -2.30. The molecular weight excluding hydrogens is 278 g/mol. The molecule has 2 nitrogen and oxygen atoms in total. The molecule has 0 fully saturated rings. The van der Waals surface area contributed by atoms with Gasteiger partial charge in [-0.15, -0.1) is 22.9 Å². The van der Waals surface area contributed by atoms with Crippen LogP contribution >= 0.6 is 22.9 Å². The SMILES string of the molecule is O=C=C1C=CC=C(N2CCCCc3sccc32)C1Cl. The molecule has 98 valence electrons. The number of thiophene rings is 1. The highest BCUT2D eigenvalue weighted by Gasteiger charge is 2.27. The van der Waals surface area contributed by atoms with Crippen molar-refractivity contribution in [1.29, 1.82) is 0 Å². The van der Waals surface area contributed by atoms with E-state index in [0.717, 1.165) is 25.1 Å². The standard InChI is InChI=1S/C15H14ClNOS/c16-15-11(10-18)4-3-5-13(15)17-8-2-1-6-14-12(17)7-9-19-14/h3-5,7,9,15H,1-2,6,8H2. The number of hydrogen-bond donors (Lipinski definition) is 0. The van der Waals surface area contributed by atoms with Gasteiger partial charge in [-0.25, -0.2) is 4.79 Å². The van der Waals surface area contributed by atoms with Gasteiger partial charge < -0.3 is 4.90 Å². The second-order valence-corrected chi connectivity index (χ2v) is 6.15. The first-order valence-electron chi connectivity index (χ1n) is 6.42. The highest BCUT2D eigenvalue weighted by Crippen LogP contribution is 2.36. The van der Waals surface area contributed by atoms with E-state index in [1.807, 2.05) is 18.1 Å². The van der Waals surface area contributed by atoms with Crippen LogP contribution in [0.1, 0.15) is 17.7 Å². The minimum atomic E-state index is -0.395. The van der Waals surface area contributed by atoms with Crippen LogP contribution in [-0.4, -0.2) is 17.9 Å². The zero-order valence-corrected chi connectivity index (χ0v) is 12.0. The molecule has 0 bridgehead atoms. The Morgan fingerprint density at radius 2 is 2.32 bits per heavy atom. The first kappa shape index (κ1) is 12.7. The lowest BCUT2D eigenvalue weighted by molar-refractivity contribution is 0.567. The number of nitrogens with zero attached hydrogens (tertiary/aromatic N) is 1. The minimum absolute atomic E-state index is 0.395. The Kier molecular flexibility index (Phi) is 3.61. The van der Waals surface area contributed by atoms with Crippen LogP contribution in [0.15, 0.2) is 40.9 Å². The third kappa shape index (κ3) is 2.30. The van der Waals surface area contributed by atoms with Gasteiger partial charge in [0, 0.05) is 17.1 Å². The number of anilines is 1. The van der Waals surface area contributed by atoms with Crippen LogP contribution in [0.2, 0.25) is 0 Å². The fourth-order valence-electron chi connectivity index (χ4n) is 2.60. The maximum absolute atomic E-state index is 10.9. The smallest absolute Gasteiger partial charge is 0.129 e. The number of hydrogen-bond acceptors (Lipinski definition) is 3. The van der Waals surface area contributed by atoms with Crippen LogP contribution < -0.4 is 4.90 Å². The molecule has 0 saturated heterocycles. The summed E-state index contributed by atoms with van der Waals surface area (Å²) in [5, 5.41) is 1.73. The third-order valence-corrected chi connectivity index (χ3v) is 4.98. The molecule has 3 rings (SSSR count). The Morgan fingerprint density at radius 1 is 1.42 bits per heavy atom. The van der Waals surface area contributed by atoms with Crippen molar-refractivity contribution in [3.63, 3.8) is 0 Å². The van der Waals surface area contributed by atoms with Crippen LogP contribution in [-0.2, 0) is 11.2 Å². The van der Waals surface area contributed by atoms with Crippen LogP contribution in [0.5, 0.6) is 0 Å². The van der Waals surface area contributed by atoms with E-state index in [1.54, 1.807) is 17.4 Å². The van der Waals surface area contributed by atoms with E-state index in [9.17, 15) is 4.79 Å². The van der Waals surface area contributed by atoms with Crippen molar-refractivity contribution in [3.8, 4) is 0 Å². The molecule has 0 aromatic carbocycles. The average Bonchev–Trinajstić information content (AvgIpc) is 2.80. The van der Waals surface area contributed by atoms with Crippen LogP contribution in [0, 0.1) is 0 Å². The molecule has 19 heavy (non-hydrogen) atoms. The summed E-state index contributed by atoms with van der Waals surface area (Å²) < 4.78 is 0. The van der Waals surface area contributed by atoms with Gasteiger partial charge in [0.25, 0.3) is 0 Å². The fourth-order valence-corrected chi connectivity index (χ4v) is 3.83. The molecule has 2 heterocycles. The first-order valence-corrected chi connectivity index (χ1v) is 7.74. The van der Waals surface area contributed by atoms with Crippen molar-refractivity contribution in [3.05, 3.63) is 45.8 Å². The van der Waals surface area contributed by atoms with Gasteiger partial charge in [-0.05, 0) is 42.9 Å². The maximum atomic E-state index is 10.9. The van der Waals surface area contributed by atoms with E-state index in [2.05, 4.69) is 16.3 Å². The summed E-state index contributed by atoms with van der Waals surface area (Å²) >= 11 is 8.21. The second-order valence-electron chi connectivity index (χ2n) is 4.71. The van der Waals surface area contributed by atoms with E-state index in [0.29, 0.717) is 5.57 Å². The molecule has 1 unspecified atom stereocenters. The van der Waals surface area contributed by atoms with Crippen molar-refractivity contribution in [2.24, 2.45) is 0 Å². The van der Waals surface area contributed by atoms with Gasteiger partial charge in [-0.3, -0.25) is 0 Å². The zero-order valence-electron chi connectivity index (χ0n) is 10.4. The molecule has 1 aliphatic carbocycles. The molecule has 0 amide bonds. The van der Waals surface area contributed by atoms with E-state index >= 15 is 0 Å². The molecule has 1 aromatic rings. The summed E-state index contributed by atoms with van der Waals surface area (Å²) in [6, 6.07) is 2.15. The van der Waals surface area contributed by atoms with Gasteiger partial charge in [0.2, 0.25) is 0 Å². The molecule has 0 N–H and O–H groups in total. The molecule has 1 atom stereocenters. The van der Waals surface area contributed by atoms with E-state index in [4.69, 9.17) is 11.6 Å². The number of aryl methyl sites for hydroxylation is 1. The first-order chi connectivity index (χ1) is 9.31. The van der Waals surface area contributed by atoms with Gasteiger partial charge in [0.15, 0.2) is 0 Å². The average molecular weight is 292 g/mol. The molecule has 2 aliphatic rings. The molecular formula is C15H14ClNOS. The van der Waals surface area contributed by atoms with Crippen molar-refractivity contribution >= 4 is 34.6 Å². The summed E-state index contributed by atoms with van der Waals surface area (Å²) in [7, 11) is 0. The lowest BCUT2D eigenvalue weighted by Gasteiger charge is -2.30. The zero-order chi connectivity index (χ0) is 13.2. The van der Waals surface area contributed by atoms with Crippen molar-refractivity contribution in [2.45, 2.75) is 24.6 Å². The monoisotopic (exact) mass is 291 g/mol. The highest BCUT2D eigenvalue weighted by molar-refractivity contribution is 7.10. The molecule has 0 radical (unpaired) electrons. The predicted octanol–water partition coefficient (Wildman–Crippen LogP) is 3.71.